The van der Waals surface area contributed by atoms with Crippen LogP contribution in [0.3, 0.4) is 0 Å². The van der Waals surface area contributed by atoms with E-state index in [1.165, 1.54) is 0 Å². The highest BCUT2D eigenvalue weighted by molar-refractivity contribution is 6.39. The lowest BCUT2D eigenvalue weighted by Gasteiger charge is -2.43. The molecule has 0 unspecified atom stereocenters. The van der Waals surface area contributed by atoms with Crippen LogP contribution in [0.5, 0.6) is 0 Å². The number of aliphatic hydroxyl groups is 1. The van der Waals surface area contributed by atoms with Crippen LogP contribution in [0.25, 0.3) is 11.0 Å². The van der Waals surface area contributed by atoms with Gasteiger partial charge in [-0.15, -0.1) is 5.10 Å². The Labute approximate surface area is 249 Å². The first-order chi connectivity index (χ1) is 19.3. The van der Waals surface area contributed by atoms with Crippen molar-refractivity contribution in [2.45, 2.75) is 58.7 Å². The lowest BCUT2D eigenvalue weighted by molar-refractivity contribution is -0.148. The molecule has 0 spiro atoms. The van der Waals surface area contributed by atoms with Crippen molar-refractivity contribution in [3.8, 4) is 0 Å². The molecule has 2 heterocycles. The lowest BCUT2D eigenvalue weighted by Crippen LogP contribution is -2.59. The van der Waals surface area contributed by atoms with Gasteiger partial charge < -0.3 is 19.6 Å². The number of aromatic nitrogens is 3. The smallest absolute Gasteiger partial charge is 0.353 e. The highest BCUT2D eigenvalue weighted by atomic mass is 35.5. The molecule has 0 saturated carbocycles. The van der Waals surface area contributed by atoms with E-state index < -0.39 is 23.5 Å². The van der Waals surface area contributed by atoms with Crippen LogP contribution in [0, 0.1) is 11.3 Å². The second-order valence-electron chi connectivity index (χ2n) is 11.2. The highest BCUT2D eigenvalue weighted by Crippen LogP contribution is 2.31. The molecule has 0 bridgehead atoms. The van der Waals surface area contributed by atoms with E-state index in [0.29, 0.717) is 29.7 Å². The third-order valence-electron chi connectivity index (χ3n) is 7.25. The summed E-state index contributed by atoms with van der Waals surface area (Å²) in [5.41, 5.74) is 2.17. The molecule has 1 aromatic heterocycles. The molecule has 2 N–H and O–H groups in total. The topological polar surface area (TPSA) is 125 Å². The van der Waals surface area contributed by atoms with Gasteiger partial charge in [0.05, 0.1) is 30.1 Å². The molecule has 10 nitrogen and oxygen atoms in total. The maximum atomic E-state index is 13.5. The van der Waals surface area contributed by atoms with Gasteiger partial charge in [-0.05, 0) is 70.0 Å². The number of ether oxygens (including phenoxy) is 1. The molecule has 0 aliphatic carbocycles. The van der Waals surface area contributed by atoms with Crippen LogP contribution in [0.1, 0.15) is 52.6 Å². The predicted octanol–water partition coefficient (Wildman–Crippen LogP) is 4.74. The Bertz CT molecular complexity index is 1450. The Kier molecular flexibility index (Phi) is 9.25. The predicted molar refractivity (Wildman–Crippen MR) is 160 cm³/mol. The fourth-order valence-electron chi connectivity index (χ4n) is 5.09. The maximum Gasteiger partial charge on any atom is 0.353 e. The highest BCUT2D eigenvalue weighted by Gasteiger charge is 2.38. The standard InChI is InChI=1S/C29H36Cl2N6O4/c1-6-21(26(32)28(40)41-29(3,4)5)27(39)36-12-11-35(15-20(36)16-38)19-8-10-24-25(14-19)37(34-33-24)17(2)22-9-7-18(30)13-23(22)31/h7-10,13-14,17,20-21,32,38H,6,11-12,15-16H2,1-5H3/t17-,20+,21-/m1/s1. The third-order valence-corrected chi connectivity index (χ3v) is 7.81. The van der Waals surface area contributed by atoms with E-state index in [9.17, 15) is 14.7 Å². The van der Waals surface area contributed by atoms with Crippen molar-refractivity contribution in [2.24, 2.45) is 5.92 Å². The molecule has 3 aromatic rings. The molecule has 1 aliphatic rings. The van der Waals surface area contributed by atoms with Gasteiger partial charge in [0.1, 0.15) is 16.8 Å². The molecule has 3 atom stereocenters. The number of fused-ring (bicyclic) bond motifs is 1. The summed E-state index contributed by atoms with van der Waals surface area (Å²) in [6.45, 7) is 9.85. The summed E-state index contributed by atoms with van der Waals surface area (Å²) in [6.07, 6.45) is 0.277. The molecule has 2 aromatic carbocycles. The minimum atomic E-state index is -0.941. The molecular formula is C29H36Cl2N6O4. The number of esters is 1. The number of halogens is 2. The minimum Gasteiger partial charge on any atom is -0.455 e. The summed E-state index contributed by atoms with van der Waals surface area (Å²) >= 11 is 12.5. The molecule has 12 heteroatoms. The first kappa shape index (κ1) is 30.7. The molecule has 1 amide bonds. The Hall–Kier alpha value is -3.21. The Morgan fingerprint density at radius 3 is 2.54 bits per heavy atom. The number of aliphatic hydroxyl groups excluding tert-OH is 1. The number of nitrogens with zero attached hydrogens (tertiary/aromatic N) is 5. The van der Waals surface area contributed by atoms with Crippen molar-refractivity contribution in [1.29, 1.82) is 5.41 Å². The molecule has 220 valence electrons. The first-order valence-electron chi connectivity index (χ1n) is 13.6. The number of benzene rings is 2. The van der Waals surface area contributed by atoms with Crippen molar-refractivity contribution in [1.82, 2.24) is 19.9 Å². The van der Waals surface area contributed by atoms with Gasteiger partial charge in [0.25, 0.3) is 0 Å². The summed E-state index contributed by atoms with van der Waals surface area (Å²) in [6, 6.07) is 10.5. The van der Waals surface area contributed by atoms with Gasteiger partial charge in [-0.3, -0.25) is 10.2 Å². The van der Waals surface area contributed by atoms with Crippen LogP contribution in [-0.2, 0) is 14.3 Å². The summed E-state index contributed by atoms with van der Waals surface area (Å²) in [5.74, 6) is -2.10. The minimum absolute atomic E-state index is 0.203. The van der Waals surface area contributed by atoms with E-state index in [1.807, 2.05) is 35.9 Å². The van der Waals surface area contributed by atoms with Crippen molar-refractivity contribution < 1.29 is 19.4 Å². The van der Waals surface area contributed by atoms with Gasteiger partial charge in [0.15, 0.2) is 0 Å². The van der Waals surface area contributed by atoms with Crippen LogP contribution in [0.15, 0.2) is 36.4 Å². The van der Waals surface area contributed by atoms with Crippen LogP contribution < -0.4 is 4.90 Å². The number of anilines is 1. The fourth-order valence-corrected chi connectivity index (χ4v) is 5.66. The molecule has 4 rings (SSSR count). The van der Waals surface area contributed by atoms with Crippen LogP contribution in [-0.4, -0.2) is 80.5 Å². The number of hydrogen-bond acceptors (Lipinski definition) is 8. The zero-order valence-electron chi connectivity index (χ0n) is 23.9. The average molecular weight is 604 g/mol. The molecule has 41 heavy (non-hydrogen) atoms. The average Bonchev–Trinajstić information content (AvgIpc) is 3.35. The molecule has 1 fully saturated rings. The van der Waals surface area contributed by atoms with Crippen LogP contribution in [0.2, 0.25) is 10.0 Å². The van der Waals surface area contributed by atoms with E-state index >= 15 is 0 Å². The second-order valence-corrected chi connectivity index (χ2v) is 12.1. The van der Waals surface area contributed by atoms with E-state index in [-0.39, 0.29) is 30.7 Å². The van der Waals surface area contributed by atoms with Crippen molar-refractivity contribution >= 4 is 57.5 Å². The summed E-state index contributed by atoms with van der Waals surface area (Å²) in [5, 5.41) is 28.4. The number of piperazine rings is 1. The number of carbonyl (C=O) groups is 2. The summed E-state index contributed by atoms with van der Waals surface area (Å²) in [7, 11) is 0. The van der Waals surface area contributed by atoms with E-state index in [0.717, 1.165) is 22.3 Å². The summed E-state index contributed by atoms with van der Waals surface area (Å²) in [4.78, 5) is 29.7. The van der Waals surface area contributed by atoms with Gasteiger partial charge in [-0.1, -0.05) is 41.4 Å². The number of carbonyl (C=O) groups excluding carboxylic acids is 2. The Morgan fingerprint density at radius 1 is 1.17 bits per heavy atom. The normalized spacial score (nSPS) is 17.4. The van der Waals surface area contributed by atoms with Crippen molar-refractivity contribution in [3.63, 3.8) is 0 Å². The largest absolute Gasteiger partial charge is 0.455 e. The maximum absolute atomic E-state index is 13.5. The number of rotatable bonds is 8. The third kappa shape index (κ3) is 6.66. The zero-order chi connectivity index (χ0) is 30.1. The SMILES string of the molecule is CC[C@H](C(=N)C(=O)OC(C)(C)C)C(=O)N1CCN(c2ccc3nnn([C@H](C)c4ccc(Cl)cc4Cl)c3c2)C[C@H]1CO. The van der Waals surface area contributed by atoms with Gasteiger partial charge in [0, 0.05) is 35.4 Å². The fraction of sp³-hybridized carbons (Fsp3) is 0.483. The van der Waals surface area contributed by atoms with E-state index in [2.05, 4.69) is 15.2 Å². The molecule has 1 saturated heterocycles. The van der Waals surface area contributed by atoms with Gasteiger partial charge in [0.2, 0.25) is 5.91 Å². The van der Waals surface area contributed by atoms with Crippen LogP contribution >= 0.6 is 23.2 Å². The van der Waals surface area contributed by atoms with Crippen molar-refractivity contribution in [3.05, 3.63) is 52.0 Å². The number of nitrogens with one attached hydrogen (secondary N) is 1. The molecular weight excluding hydrogens is 567 g/mol. The number of hydrogen-bond donors (Lipinski definition) is 2. The van der Waals surface area contributed by atoms with Gasteiger partial charge in [-0.25, -0.2) is 9.48 Å². The van der Waals surface area contributed by atoms with E-state index in [1.54, 1.807) is 44.7 Å². The van der Waals surface area contributed by atoms with Gasteiger partial charge >= 0.3 is 5.97 Å². The quantitative estimate of drug-likeness (QED) is 0.282. The first-order valence-corrected chi connectivity index (χ1v) is 14.4. The van der Waals surface area contributed by atoms with E-state index in [4.69, 9.17) is 33.3 Å². The summed E-state index contributed by atoms with van der Waals surface area (Å²) < 4.78 is 7.14. The monoisotopic (exact) mass is 602 g/mol. The second kappa shape index (κ2) is 12.3. The molecule has 1 aliphatic heterocycles. The van der Waals surface area contributed by atoms with Gasteiger partial charge in [-0.2, -0.15) is 0 Å². The van der Waals surface area contributed by atoms with Crippen molar-refractivity contribution in [2.75, 3.05) is 31.1 Å². The Morgan fingerprint density at radius 2 is 1.90 bits per heavy atom. The molecule has 0 radical (unpaired) electrons. The zero-order valence-corrected chi connectivity index (χ0v) is 25.4. The van der Waals surface area contributed by atoms with Crippen LogP contribution in [0.4, 0.5) is 5.69 Å². The number of amides is 1. The Balaban J connectivity index is 1.53. The lowest BCUT2D eigenvalue weighted by atomic mass is 9.96.